The average Bonchev–Trinajstić information content (AvgIpc) is 2.94. The number of ether oxygens (including phenoxy) is 1. The third kappa shape index (κ3) is 7.60. The van der Waals surface area contributed by atoms with Gasteiger partial charge in [-0.3, -0.25) is 9.59 Å². The molecule has 1 saturated heterocycles. The maximum absolute atomic E-state index is 13.3. The van der Waals surface area contributed by atoms with E-state index in [1.165, 1.54) is 30.6 Å². The number of anilines is 2. The number of piperidine rings is 1. The van der Waals surface area contributed by atoms with Gasteiger partial charge in [0.15, 0.2) is 11.4 Å². The highest BCUT2D eigenvalue weighted by Gasteiger charge is 2.21. The second-order valence-corrected chi connectivity index (χ2v) is 8.88. The van der Waals surface area contributed by atoms with Gasteiger partial charge in [0.25, 0.3) is 11.8 Å². The van der Waals surface area contributed by atoms with E-state index < -0.39 is 18.5 Å². The minimum atomic E-state index is -0.666. The summed E-state index contributed by atoms with van der Waals surface area (Å²) in [6, 6.07) is 10.7. The van der Waals surface area contributed by atoms with E-state index in [9.17, 15) is 14.0 Å². The molecule has 0 saturated carbocycles. The van der Waals surface area contributed by atoms with E-state index in [1.807, 2.05) is 0 Å². The maximum Gasteiger partial charge on any atom is 0.277 e. The van der Waals surface area contributed by atoms with Crippen molar-refractivity contribution in [3.8, 4) is 11.5 Å². The van der Waals surface area contributed by atoms with Crippen molar-refractivity contribution in [2.45, 2.75) is 12.8 Å². The molecule has 12 heteroatoms. The number of hydrogen-bond donors (Lipinski definition) is 3. The number of nitrogens with one attached hydrogen (secondary N) is 3. The fourth-order valence-corrected chi connectivity index (χ4v) is 3.88. The second-order valence-electron chi connectivity index (χ2n) is 8.45. The first-order chi connectivity index (χ1) is 18.5. The summed E-state index contributed by atoms with van der Waals surface area (Å²) in [7, 11) is 0. The molecule has 1 aliphatic rings. The molecule has 3 heterocycles. The van der Waals surface area contributed by atoms with Crippen molar-refractivity contribution in [2.24, 2.45) is 5.92 Å². The van der Waals surface area contributed by atoms with Crippen LogP contribution in [-0.4, -0.2) is 54.8 Å². The van der Waals surface area contributed by atoms with E-state index in [4.69, 9.17) is 26.1 Å². The van der Waals surface area contributed by atoms with Crippen LogP contribution in [0.15, 0.2) is 54.9 Å². The second kappa shape index (κ2) is 13.7. The monoisotopic (exact) mass is 543 g/mol. The van der Waals surface area contributed by atoms with Gasteiger partial charge in [-0.1, -0.05) is 11.6 Å². The molecule has 3 N–H and O–H groups in total. The Kier molecular flexibility index (Phi) is 9.79. The predicted molar refractivity (Wildman–Crippen MR) is 139 cm³/mol. The van der Waals surface area contributed by atoms with Crippen molar-refractivity contribution in [1.82, 2.24) is 15.3 Å². The molecule has 1 atom stereocenters. The Morgan fingerprint density at radius 2 is 2.03 bits per heavy atom. The lowest BCUT2D eigenvalue weighted by molar-refractivity contribution is -0.217. The van der Waals surface area contributed by atoms with E-state index in [0.717, 1.165) is 25.9 Å². The van der Waals surface area contributed by atoms with Crippen LogP contribution < -0.4 is 25.6 Å². The third-order valence-electron chi connectivity index (χ3n) is 5.63. The van der Waals surface area contributed by atoms with Gasteiger partial charge < -0.3 is 25.6 Å². The first-order valence-corrected chi connectivity index (χ1v) is 12.4. The van der Waals surface area contributed by atoms with Crippen molar-refractivity contribution in [2.75, 3.05) is 43.6 Å². The standard InChI is InChI=1S/C26H27ClFN5O5/c27-18-5-8-23(31-15-18)33-26(35)24-21(4-2-11-30-24)32-25(34)20-7-6-19(36-12-9-28)13-22(20)38-37-16-17-3-1-10-29-14-17/h2,4-8,11,13,15,17,29H,1,3,9-10,12,14,16H2,(H,32,34)(H,31,33,35). The average molecular weight is 544 g/mol. The predicted octanol–water partition coefficient (Wildman–Crippen LogP) is 4.29. The van der Waals surface area contributed by atoms with Crippen LogP contribution in [0.2, 0.25) is 5.02 Å². The smallest absolute Gasteiger partial charge is 0.277 e. The Balaban J connectivity index is 1.49. The molecule has 0 radical (unpaired) electrons. The third-order valence-corrected chi connectivity index (χ3v) is 5.86. The number of aromatic nitrogens is 2. The van der Waals surface area contributed by atoms with Crippen LogP contribution in [0.1, 0.15) is 33.7 Å². The Labute approximate surface area is 223 Å². The molecular weight excluding hydrogens is 517 g/mol. The zero-order chi connectivity index (χ0) is 26.7. The number of amides is 2. The molecule has 1 fully saturated rings. The topological polar surface area (TPSA) is 124 Å². The minimum absolute atomic E-state index is 0.0241. The summed E-state index contributed by atoms with van der Waals surface area (Å²) in [6.45, 7) is 1.31. The van der Waals surface area contributed by atoms with Crippen LogP contribution in [0.3, 0.4) is 0 Å². The number of carbonyl (C=O) groups is 2. The Morgan fingerprint density at radius 1 is 1.13 bits per heavy atom. The van der Waals surface area contributed by atoms with Crippen LogP contribution in [0.25, 0.3) is 0 Å². The molecule has 10 nitrogen and oxygen atoms in total. The van der Waals surface area contributed by atoms with Crippen LogP contribution >= 0.6 is 11.6 Å². The van der Waals surface area contributed by atoms with E-state index in [-0.39, 0.29) is 41.0 Å². The highest BCUT2D eigenvalue weighted by atomic mass is 35.5. The summed E-state index contributed by atoms with van der Waals surface area (Å²) in [5.74, 6) is -0.207. The zero-order valence-corrected chi connectivity index (χ0v) is 21.2. The molecular formula is C26H27ClFN5O5. The number of hydrogen-bond acceptors (Lipinski definition) is 8. The van der Waals surface area contributed by atoms with Crippen molar-refractivity contribution < 1.29 is 28.5 Å². The molecule has 0 aliphatic carbocycles. The van der Waals surface area contributed by atoms with E-state index >= 15 is 0 Å². The number of carbonyl (C=O) groups excluding carboxylic acids is 2. The van der Waals surface area contributed by atoms with Crippen molar-refractivity contribution in [3.05, 3.63) is 71.1 Å². The van der Waals surface area contributed by atoms with Crippen LogP contribution in [-0.2, 0) is 4.89 Å². The minimum Gasteiger partial charge on any atom is -0.491 e. The van der Waals surface area contributed by atoms with Gasteiger partial charge in [-0.05, 0) is 61.7 Å². The van der Waals surface area contributed by atoms with Gasteiger partial charge in [0, 0.05) is 25.0 Å². The molecule has 200 valence electrons. The largest absolute Gasteiger partial charge is 0.491 e. The molecule has 1 aromatic carbocycles. The van der Waals surface area contributed by atoms with Crippen molar-refractivity contribution >= 4 is 34.9 Å². The number of rotatable bonds is 11. The maximum atomic E-state index is 13.3. The Bertz CT molecular complexity index is 1240. The van der Waals surface area contributed by atoms with Gasteiger partial charge in [0.1, 0.15) is 24.8 Å². The van der Waals surface area contributed by atoms with Crippen molar-refractivity contribution in [1.29, 1.82) is 0 Å². The summed E-state index contributed by atoms with van der Waals surface area (Å²) in [5, 5.41) is 9.04. The summed E-state index contributed by atoms with van der Waals surface area (Å²) in [4.78, 5) is 45.2. The number of alkyl halides is 1. The normalized spacial score (nSPS) is 14.9. The van der Waals surface area contributed by atoms with Gasteiger partial charge in [-0.15, -0.1) is 0 Å². The number of pyridine rings is 2. The highest BCUT2D eigenvalue weighted by Crippen LogP contribution is 2.27. The van der Waals surface area contributed by atoms with E-state index in [2.05, 4.69) is 25.9 Å². The molecule has 3 aromatic rings. The molecule has 1 unspecified atom stereocenters. The van der Waals surface area contributed by atoms with Gasteiger partial charge in [0.2, 0.25) is 0 Å². The fraction of sp³-hybridized carbons (Fsp3) is 0.308. The van der Waals surface area contributed by atoms with E-state index in [1.54, 1.807) is 24.3 Å². The first kappa shape index (κ1) is 27.2. The summed E-state index contributed by atoms with van der Waals surface area (Å²) in [6.07, 6.45) is 4.87. The molecule has 0 bridgehead atoms. The Morgan fingerprint density at radius 3 is 2.79 bits per heavy atom. The SMILES string of the molecule is O=C(Nc1cccnc1C(=O)Nc1ccc(Cl)cn1)c1ccc(OCCF)cc1OOCC1CCCNC1. The zero-order valence-electron chi connectivity index (χ0n) is 20.4. The van der Waals surface area contributed by atoms with Gasteiger partial charge in [0.05, 0.1) is 22.9 Å². The fourth-order valence-electron chi connectivity index (χ4n) is 3.77. The lowest BCUT2D eigenvalue weighted by Crippen LogP contribution is -2.32. The lowest BCUT2D eigenvalue weighted by atomic mass is 10.0. The van der Waals surface area contributed by atoms with Gasteiger partial charge in [-0.25, -0.2) is 14.4 Å². The highest BCUT2D eigenvalue weighted by molar-refractivity contribution is 6.30. The quantitative estimate of drug-likeness (QED) is 0.242. The summed E-state index contributed by atoms with van der Waals surface area (Å²) in [5.41, 5.74) is 0.264. The molecule has 2 aromatic heterocycles. The van der Waals surface area contributed by atoms with Crippen LogP contribution in [0.5, 0.6) is 11.5 Å². The molecule has 38 heavy (non-hydrogen) atoms. The molecule has 4 rings (SSSR count). The number of nitrogens with zero attached hydrogens (tertiary/aromatic N) is 2. The lowest BCUT2D eigenvalue weighted by Gasteiger charge is -2.22. The Hall–Kier alpha value is -3.80. The molecule has 1 aliphatic heterocycles. The molecule has 2 amide bonds. The van der Waals surface area contributed by atoms with Crippen LogP contribution in [0.4, 0.5) is 15.9 Å². The van der Waals surface area contributed by atoms with Gasteiger partial charge in [-0.2, -0.15) is 4.89 Å². The number of benzene rings is 1. The van der Waals surface area contributed by atoms with E-state index in [0.29, 0.717) is 17.4 Å². The summed E-state index contributed by atoms with van der Waals surface area (Å²) < 4.78 is 17.9. The summed E-state index contributed by atoms with van der Waals surface area (Å²) >= 11 is 5.84. The molecule has 0 spiro atoms. The van der Waals surface area contributed by atoms with Crippen molar-refractivity contribution in [3.63, 3.8) is 0 Å². The first-order valence-electron chi connectivity index (χ1n) is 12.1. The number of halogens is 2. The van der Waals surface area contributed by atoms with Crippen LogP contribution in [0, 0.1) is 5.92 Å². The van der Waals surface area contributed by atoms with Gasteiger partial charge >= 0.3 is 0 Å².